The molecule has 3 N–H and O–H groups in total. The molecule has 112 valence electrons. The summed E-state index contributed by atoms with van der Waals surface area (Å²) in [4.78, 5) is 0.278. The first-order chi connectivity index (χ1) is 9.62. The number of benzene rings is 1. The fourth-order valence-electron chi connectivity index (χ4n) is 1.87. The number of nitrogens with two attached hydrogens (primary N) is 1. The van der Waals surface area contributed by atoms with Crippen LogP contribution in [-0.4, -0.2) is 34.7 Å². The zero-order valence-electron chi connectivity index (χ0n) is 11.5. The highest BCUT2D eigenvalue weighted by Crippen LogP contribution is 2.28. The minimum Gasteiger partial charge on any atom is -0.380 e. The highest BCUT2D eigenvalue weighted by molar-refractivity contribution is 7.89. The van der Waals surface area contributed by atoms with Crippen LogP contribution in [0, 0.1) is 5.92 Å². The molecular weight excluding hydrogens is 276 g/mol. The number of nitrogens with one attached hydrogen (secondary N) is 1. The number of ether oxygens (including phenoxy) is 1. The van der Waals surface area contributed by atoms with Gasteiger partial charge in [-0.15, -0.1) is 0 Å². The second kappa shape index (κ2) is 7.17. The van der Waals surface area contributed by atoms with Crippen LogP contribution in [0.15, 0.2) is 29.2 Å². The Kier molecular flexibility index (Phi) is 5.54. The quantitative estimate of drug-likeness (QED) is 0.664. The highest BCUT2D eigenvalue weighted by atomic mass is 32.2. The van der Waals surface area contributed by atoms with Crippen LogP contribution in [0.3, 0.4) is 0 Å². The van der Waals surface area contributed by atoms with E-state index in [1.54, 1.807) is 24.3 Å². The van der Waals surface area contributed by atoms with Gasteiger partial charge < -0.3 is 10.5 Å². The van der Waals surface area contributed by atoms with Crippen LogP contribution in [0.2, 0.25) is 0 Å². The first-order valence-corrected chi connectivity index (χ1v) is 8.46. The van der Waals surface area contributed by atoms with E-state index in [9.17, 15) is 8.42 Å². The average Bonchev–Trinajstić information content (AvgIpc) is 3.23. The average molecular weight is 298 g/mol. The van der Waals surface area contributed by atoms with Gasteiger partial charge in [-0.25, -0.2) is 13.1 Å². The van der Waals surface area contributed by atoms with Crippen molar-refractivity contribution in [3.05, 3.63) is 29.8 Å². The van der Waals surface area contributed by atoms with Crippen molar-refractivity contribution in [3.63, 3.8) is 0 Å². The van der Waals surface area contributed by atoms with Crippen LogP contribution in [0.25, 0.3) is 0 Å². The van der Waals surface area contributed by atoms with E-state index >= 15 is 0 Å². The Morgan fingerprint density at radius 2 is 1.95 bits per heavy atom. The number of hydrogen-bond acceptors (Lipinski definition) is 4. The third kappa shape index (κ3) is 4.86. The van der Waals surface area contributed by atoms with Gasteiger partial charge in [0.1, 0.15) is 0 Å². The molecule has 0 aromatic heterocycles. The van der Waals surface area contributed by atoms with Crippen LogP contribution >= 0.6 is 0 Å². The van der Waals surface area contributed by atoms with Gasteiger partial charge in [-0.05, 0) is 49.4 Å². The Labute approximate surface area is 120 Å². The molecule has 1 aliphatic carbocycles. The molecule has 0 spiro atoms. The van der Waals surface area contributed by atoms with Crippen LogP contribution in [0.1, 0.15) is 18.4 Å². The molecule has 1 aromatic rings. The van der Waals surface area contributed by atoms with Crippen LogP contribution in [0.4, 0.5) is 0 Å². The van der Waals surface area contributed by atoms with Gasteiger partial charge in [-0.3, -0.25) is 0 Å². The zero-order chi connectivity index (χ0) is 14.4. The van der Waals surface area contributed by atoms with Crippen molar-refractivity contribution in [2.45, 2.75) is 24.2 Å². The van der Waals surface area contributed by atoms with Crippen molar-refractivity contribution >= 4 is 10.0 Å². The summed E-state index contributed by atoms with van der Waals surface area (Å²) in [5, 5.41) is 0. The summed E-state index contributed by atoms with van der Waals surface area (Å²) in [6, 6.07) is 6.81. The molecule has 0 unspecified atom stereocenters. The van der Waals surface area contributed by atoms with E-state index in [1.807, 2.05) is 0 Å². The Balaban J connectivity index is 1.78. The second-order valence-electron chi connectivity index (χ2n) is 5.10. The molecule has 0 aliphatic heterocycles. The lowest BCUT2D eigenvalue weighted by Gasteiger charge is -2.08. The van der Waals surface area contributed by atoms with E-state index in [-0.39, 0.29) is 4.90 Å². The Hall–Kier alpha value is -0.950. The van der Waals surface area contributed by atoms with Crippen molar-refractivity contribution in [2.24, 2.45) is 11.7 Å². The standard InChI is InChI=1S/C14H22N2O3S/c15-8-7-12-3-5-14(6-4-12)20(17,18)16-9-10-19-11-13-1-2-13/h3-6,13,16H,1-2,7-11,15H2. The monoisotopic (exact) mass is 298 g/mol. The summed E-state index contributed by atoms with van der Waals surface area (Å²) in [6.45, 7) is 2.03. The van der Waals surface area contributed by atoms with E-state index in [4.69, 9.17) is 10.5 Å². The van der Waals surface area contributed by atoms with Gasteiger partial charge in [0.05, 0.1) is 11.5 Å². The van der Waals surface area contributed by atoms with Crippen LogP contribution < -0.4 is 10.5 Å². The van der Waals surface area contributed by atoms with Gasteiger partial charge in [0.15, 0.2) is 0 Å². The van der Waals surface area contributed by atoms with E-state index in [0.717, 1.165) is 18.6 Å². The zero-order valence-corrected chi connectivity index (χ0v) is 12.4. The lowest BCUT2D eigenvalue weighted by atomic mass is 10.2. The van der Waals surface area contributed by atoms with Crippen molar-refractivity contribution in [3.8, 4) is 0 Å². The number of sulfonamides is 1. The van der Waals surface area contributed by atoms with E-state index in [1.165, 1.54) is 12.8 Å². The third-order valence-electron chi connectivity index (χ3n) is 3.26. The van der Waals surface area contributed by atoms with Crippen molar-refractivity contribution in [2.75, 3.05) is 26.3 Å². The largest absolute Gasteiger partial charge is 0.380 e. The van der Waals surface area contributed by atoms with Gasteiger partial charge in [0.25, 0.3) is 0 Å². The minimum absolute atomic E-state index is 0.278. The summed E-state index contributed by atoms with van der Waals surface area (Å²) in [5.41, 5.74) is 6.50. The predicted octanol–water partition coefficient (Wildman–Crippen LogP) is 0.893. The fourth-order valence-corrected chi connectivity index (χ4v) is 2.88. The molecule has 0 heterocycles. The maximum atomic E-state index is 12.0. The first kappa shape index (κ1) is 15.4. The van der Waals surface area contributed by atoms with Crippen LogP contribution in [0.5, 0.6) is 0 Å². The van der Waals surface area contributed by atoms with E-state index < -0.39 is 10.0 Å². The summed E-state index contributed by atoms with van der Waals surface area (Å²) in [6.07, 6.45) is 3.23. The molecule has 1 aromatic carbocycles. The smallest absolute Gasteiger partial charge is 0.240 e. The van der Waals surface area contributed by atoms with Gasteiger partial charge in [0.2, 0.25) is 10.0 Å². The summed E-state index contributed by atoms with van der Waals surface area (Å²) < 4.78 is 32.0. The molecule has 1 saturated carbocycles. The lowest BCUT2D eigenvalue weighted by Crippen LogP contribution is -2.27. The molecule has 2 rings (SSSR count). The normalized spacial score (nSPS) is 15.4. The molecule has 0 atom stereocenters. The minimum atomic E-state index is -3.44. The van der Waals surface area contributed by atoms with E-state index in [2.05, 4.69) is 4.72 Å². The fraction of sp³-hybridized carbons (Fsp3) is 0.571. The highest BCUT2D eigenvalue weighted by Gasteiger charge is 2.21. The Morgan fingerprint density at radius 1 is 1.25 bits per heavy atom. The molecule has 20 heavy (non-hydrogen) atoms. The first-order valence-electron chi connectivity index (χ1n) is 6.98. The summed E-state index contributed by atoms with van der Waals surface area (Å²) >= 11 is 0. The number of hydrogen-bond donors (Lipinski definition) is 2. The van der Waals surface area contributed by atoms with Crippen molar-refractivity contribution in [1.29, 1.82) is 0 Å². The van der Waals surface area contributed by atoms with Gasteiger partial charge in [-0.1, -0.05) is 12.1 Å². The third-order valence-corrected chi connectivity index (χ3v) is 4.73. The Morgan fingerprint density at radius 3 is 2.55 bits per heavy atom. The molecule has 0 amide bonds. The maximum absolute atomic E-state index is 12.0. The molecule has 0 saturated heterocycles. The molecular formula is C14H22N2O3S. The van der Waals surface area contributed by atoms with Crippen molar-refractivity contribution < 1.29 is 13.2 Å². The molecule has 6 heteroatoms. The van der Waals surface area contributed by atoms with Gasteiger partial charge >= 0.3 is 0 Å². The van der Waals surface area contributed by atoms with Crippen LogP contribution in [-0.2, 0) is 21.2 Å². The SMILES string of the molecule is NCCc1ccc(S(=O)(=O)NCCOCC2CC2)cc1. The summed E-state index contributed by atoms with van der Waals surface area (Å²) in [7, 11) is -3.44. The summed E-state index contributed by atoms with van der Waals surface area (Å²) in [5.74, 6) is 0.696. The Bertz CT molecular complexity index is 510. The van der Waals surface area contributed by atoms with E-state index in [0.29, 0.717) is 25.6 Å². The molecule has 5 nitrogen and oxygen atoms in total. The molecule has 0 radical (unpaired) electrons. The second-order valence-corrected chi connectivity index (χ2v) is 6.87. The number of rotatable bonds is 9. The van der Waals surface area contributed by atoms with Crippen molar-refractivity contribution in [1.82, 2.24) is 4.72 Å². The topological polar surface area (TPSA) is 81.4 Å². The predicted molar refractivity (Wildman–Crippen MR) is 77.9 cm³/mol. The van der Waals surface area contributed by atoms with Gasteiger partial charge in [-0.2, -0.15) is 0 Å². The molecule has 1 aliphatic rings. The lowest BCUT2D eigenvalue weighted by molar-refractivity contribution is 0.129. The molecule has 0 bridgehead atoms. The molecule has 1 fully saturated rings. The van der Waals surface area contributed by atoms with Gasteiger partial charge in [0, 0.05) is 13.2 Å². The maximum Gasteiger partial charge on any atom is 0.240 e.